The van der Waals surface area contributed by atoms with Crippen LogP contribution in [0.25, 0.3) is 11.3 Å². The lowest BCUT2D eigenvalue weighted by Crippen LogP contribution is -2.22. The second kappa shape index (κ2) is 8.82. The van der Waals surface area contributed by atoms with Crippen LogP contribution in [0.4, 0.5) is 15.9 Å². The molecule has 0 radical (unpaired) electrons. The van der Waals surface area contributed by atoms with Crippen molar-refractivity contribution in [3.05, 3.63) is 72.3 Å². The lowest BCUT2D eigenvalue weighted by atomic mass is 9.95. The molecule has 1 aliphatic carbocycles. The van der Waals surface area contributed by atoms with Gasteiger partial charge >= 0.3 is 0 Å². The maximum absolute atomic E-state index is 13.0. The Labute approximate surface area is 169 Å². The monoisotopic (exact) mass is 390 g/mol. The van der Waals surface area contributed by atoms with Crippen LogP contribution in [0.1, 0.15) is 42.5 Å². The molecule has 1 amide bonds. The summed E-state index contributed by atoms with van der Waals surface area (Å²) in [6.07, 6.45) is 7.68. The molecular weight excluding hydrogens is 367 g/mol. The minimum absolute atomic E-state index is 0.256. The molecule has 2 aromatic carbocycles. The number of benzene rings is 2. The molecule has 0 bridgehead atoms. The molecule has 0 spiro atoms. The Morgan fingerprint density at radius 1 is 0.966 bits per heavy atom. The summed E-state index contributed by atoms with van der Waals surface area (Å²) in [6.45, 7) is 0. The predicted octanol–water partition coefficient (Wildman–Crippen LogP) is 5.28. The van der Waals surface area contributed by atoms with E-state index in [2.05, 4.69) is 20.6 Å². The Hall–Kier alpha value is -3.28. The van der Waals surface area contributed by atoms with Gasteiger partial charge in [-0.3, -0.25) is 4.79 Å². The van der Waals surface area contributed by atoms with E-state index in [4.69, 9.17) is 0 Å². The van der Waals surface area contributed by atoms with Crippen molar-refractivity contribution in [1.82, 2.24) is 9.97 Å². The highest BCUT2D eigenvalue weighted by molar-refractivity contribution is 6.04. The summed E-state index contributed by atoms with van der Waals surface area (Å²) in [5, 5.41) is 6.28. The zero-order valence-corrected chi connectivity index (χ0v) is 16.1. The van der Waals surface area contributed by atoms with E-state index in [0.29, 0.717) is 17.3 Å². The number of amides is 1. The van der Waals surface area contributed by atoms with Gasteiger partial charge in [0.1, 0.15) is 18.0 Å². The van der Waals surface area contributed by atoms with Crippen molar-refractivity contribution in [2.24, 2.45) is 0 Å². The second-order valence-electron chi connectivity index (χ2n) is 7.31. The van der Waals surface area contributed by atoms with Crippen LogP contribution in [-0.2, 0) is 0 Å². The highest BCUT2D eigenvalue weighted by Gasteiger charge is 2.14. The molecular formula is C23H23FN4O. The maximum atomic E-state index is 13.0. The Kier molecular flexibility index (Phi) is 5.79. The van der Waals surface area contributed by atoms with Gasteiger partial charge < -0.3 is 10.6 Å². The molecule has 5 nitrogen and oxygen atoms in total. The number of carbonyl (C=O) groups excluding carboxylic acids is 1. The van der Waals surface area contributed by atoms with Crippen molar-refractivity contribution in [2.45, 2.75) is 38.1 Å². The number of hydrogen-bond donors (Lipinski definition) is 2. The summed E-state index contributed by atoms with van der Waals surface area (Å²) >= 11 is 0. The van der Waals surface area contributed by atoms with Crippen LogP contribution in [-0.4, -0.2) is 21.9 Å². The Morgan fingerprint density at radius 3 is 2.55 bits per heavy atom. The van der Waals surface area contributed by atoms with Crippen molar-refractivity contribution < 1.29 is 9.18 Å². The van der Waals surface area contributed by atoms with Crippen molar-refractivity contribution in [1.29, 1.82) is 0 Å². The molecule has 0 aliphatic heterocycles. The van der Waals surface area contributed by atoms with Gasteiger partial charge in [-0.15, -0.1) is 0 Å². The third-order valence-electron chi connectivity index (χ3n) is 5.15. The SMILES string of the molecule is O=C(Nc1ccc(F)cc1)c1cccc(-c2cc(NC3CCCCC3)ncn2)c1. The summed E-state index contributed by atoms with van der Waals surface area (Å²) in [6, 6.07) is 15.4. The summed E-state index contributed by atoms with van der Waals surface area (Å²) in [5.74, 6) is 0.211. The third-order valence-corrected chi connectivity index (χ3v) is 5.15. The summed E-state index contributed by atoms with van der Waals surface area (Å²) in [4.78, 5) is 21.3. The second-order valence-corrected chi connectivity index (χ2v) is 7.31. The van der Waals surface area contributed by atoms with Gasteiger partial charge in [0.05, 0.1) is 5.69 Å². The van der Waals surface area contributed by atoms with E-state index in [-0.39, 0.29) is 11.7 Å². The fourth-order valence-corrected chi connectivity index (χ4v) is 3.61. The first-order valence-corrected chi connectivity index (χ1v) is 9.93. The van der Waals surface area contributed by atoms with E-state index in [1.807, 2.05) is 18.2 Å². The number of rotatable bonds is 5. The number of nitrogens with one attached hydrogen (secondary N) is 2. The molecule has 1 fully saturated rings. The molecule has 4 rings (SSSR count). The third kappa shape index (κ3) is 4.96. The zero-order chi connectivity index (χ0) is 20.1. The summed E-state index contributed by atoms with van der Waals surface area (Å²) < 4.78 is 13.0. The molecule has 148 valence electrons. The molecule has 1 aliphatic rings. The first-order chi connectivity index (χ1) is 14.2. The van der Waals surface area contributed by atoms with Crippen molar-refractivity contribution in [2.75, 3.05) is 10.6 Å². The van der Waals surface area contributed by atoms with E-state index in [1.54, 1.807) is 18.5 Å². The van der Waals surface area contributed by atoms with Crippen molar-refractivity contribution >= 4 is 17.4 Å². The number of halogens is 1. The molecule has 6 heteroatoms. The van der Waals surface area contributed by atoms with Gasteiger partial charge in [-0.2, -0.15) is 0 Å². The molecule has 3 aromatic rings. The van der Waals surface area contributed by atoms with Crippen molar-refractivity contribution in [3.8, 4) is 11.3 Å². The molecule has 1 heterocycles. The standard InChI is InChI=1S/C23H23FN4O/c24-18-9-11-20(12-10-18)28-23(29)17-6-4-5-16(13-17)21-14-22(26-15-25-21)27-19-7-2-1-3-8-19/h4-6,9-15,19H,1-3,7-8H2,(H,28,29)(H,25,26,27). The average Bonchev–Trinajstić information content (AvgIpc) is 2.76. The number of aromatic nitrogens is 2. The minimum atomic E-state index is -0.341. The highest BCUT2D eigenvalue weighted by atomic mass is 19.1. The highest BCUT2D eigenvalue weighted by Crippen LogP contribution is 2.24. The molecule has 1 aromatic heterocycles. The first-order valence-electron chi connectivity index (χ1n) is 9.93. The lowest BCUT2D eigenvalue weighted by Gasteiger charge is -2.23. The largest absolute Gasteiger partial charge is 0.367 e. The van der Waals surface area contributed by atoms with Crippen LogP contribution < -0.4 is 10.6 Å². The van der Waals surface area contributed by atoms with Crippen LogP contribution in [0.5, 0.6) is 0 Å². The first kappa shape index (κ1) is 19.1. The maximum Gasteiger partial charge on any atom is 0.255 e. The van der Waals surface area contributed by atoms with Crippen LogP contribution >= 0.6 is 0 Å². The Morgan fingerprint density at radius 2 is 1.76 bits per heavy atom. The van der Waals surface area contributed by atoms with Crippen LogP contribution in [0, 0.1) is 5.82 Å². The molecule has 2 N–H and O–H groups in total. The van der Waals surface area contributed by atoms with Crippen molar-refractivity contribution in [3.63, 3.8) is 0 Å². The van der Waals surface area contributed by atoms with Gasteiger partial charge in [0.2, 0.25) is 0 Å². The van der Waals surface area contributed by atoms with Gasteiger partial charge in [-0.25, -0.2) is 14.4 Å². The van der Waals surface area contributed by atoms with E-state index in [0.717, 1.165) is 17.1 Å². The number of hydrogen-bond acceptors (Lipinski definition) is 4. The molecule has 29 heavy (non-hydrogen) atoms. The quantitative estimate of drug-likeness (QED) is 0.622. The van der Waals surface area contributed by atoms with Gasteiger partial charge in [-0.05, 0) is 49.2 Å². The smallest absolute Gasteiger partial charge is 0.255 e. The van der Waals surface area contributed by atoms with E-state index >= 15 is 0 Å². The summed E-state index contributed by atoms with van der Waals surface area (Å²) in [5.41, 5.74) is 2.65. The van der Waals surface area contributed by atoms with Crippen LogP contribution in [0.15, 0.2) is 60.9 Å². The lowest BCUT2D eigenvalue weighted by molar-refractivity contribution is 0.102. The van der Waals surface area contributed by atoms with Gasteiger partial charge in [-0.1, -0.05) is 31.4 Å². The topological polar surface area (TPSA) is 66.9 Å². The number of anilines is 2. The van der Waals surface area contributed by atoms with E-state index in [1.165, 1.54) is 56.4 Å². The Bertz CT molecular complexity index is 984. The van der Waals surface area contributed by atoms with Gasteiger partial charge in [0, 0.05) is 28.9 Å². The zero-order valence-electron chi connectivity index (χ0n) is 16.1. The molecule has 0 saturated heterocycles. The molecule has 1 saturated carbocycles. The fraction of sp³-hybridized carbons (Fsp3) is 0.261. The van der Waals surface area contributed by atoms with Gasteiger partial charge in [0.15, 0.2) is 0 Å². The van der Waals surface area contributed by atoms with Crippen LogP contribution in [0.2, 0.25) is 0 Å². The Balaban J connectivity index is 1.49. The minimum Gasteiger partial charge on any atom is -0.367 e. The summed E-state index contributed by atoms with van der Waals surface area (Å²) in [7, 11) is 0. The normalized spacial score (nSPS) is 14.4. The van der Waals surface area contributed by atoms with E-state index < -0.39 is 0 Å². The van der Waals surface area contributed by atoms with Gasteiger partial charge in [0.25, 0.3) is 5.91 Å². The molecule has 0 atom stereocenters. The number of carbonyl (C=O) groups is 1. The van der Waals surface area contributed by atoms with E-state index in [9.17, 15) is 9.18 Å². The predicted molar refractivity (Wildman–Crippen MR) is 112 cm³/mol. The average molecular weight is 390 g/mol. The molecule has 0 unspecified atom stereocenters. The fourth-order valence-electron chi connectivity index (χ4n) is 3.61. The number of nitrogens with zero attached hydrogens (tertiary/aromatic N) is 2. The van der Waals surface area contributed by atoms with Crippen LogP contribution in [0.3, 0.4) is 0 Å².